The Hall–Kier alpha value is -1.23. The van der Waals surface area contributed by atoms with Crippen LogP contribution in [-0.4, -0.2) is 11.5 Å². The standard InChI is InChI=1S/C11H10BrFN2O/c12-8-6-7(13)4-5-9(8)14-15-10-2-1-3-11(10)16/h4-6,14H,1-3H2/b15-10-. The summed E-state index contributed by atoms with van der Waals surface area (Å²) in [5.41, 5.74) is 3.98. The van der Waals surface area contributed by atoms with Crippen molar-refractivity contribution in [3.05, 3.63) is 28.5 Å². The Morgan fingerprint density at radius 3 is 2.81 bits per heavy atom. The van der Waals surface area contributed by atoms with Gasteiger partial charge in [0.25, 0.3) is 0 Å². The number of carbonyl (C=O) groups excluding carboxylic acids is 1. The molecule has 0 spiro atoms. The monoisotopic (exact) mass is 284 g/mol. The summed E-state index contributed by atoms with van der Waals surface area (Å²) in [7, 11) is 0. The van der Waals surface area contributed by atoms with Crippen LogP contribution >= 0.6 is 15.9 Å². The van der Waals surface area contributed by atoms with Gasteiger partial charge in [0.2, 0.25) is 0 Å². The van der Waals surface area contributed by atoms with Crippen molar-refractivity contribution in [3.63, 3.8) is 0 Å². The average Bonchev–Trinajstić information content (AvgIpc) is 2.63. The maximum atomic E-state index is 12.8. The maximum absolute atomic E-state index is 12.8. The quantitative estimate of drug-likeness (QED) is 0.848. The summed E-state index contributed by atoms with van der Waals surface area (Å²) in [5.74, 6) is -0.229. The van der Waals surface area contributed by atoms with E-state index in [1.54, 1.807) is 6.07 Å². The number of halogens is 2. The molecule has 0 atom stereocenters. The number of hydrogen-bond acceptors (Lipinski definition) is 3. The Bertz CT molecular complexity index is 459. The molecule has 0 saturated heterocycles. The highest BCUT2D eigenvalue weighted by Gasteiger charge is 2.18. The lowest BCUT2D eigenvalue weighted by Gasteiger charge is -2.04. The normalized spacial score (nSPS) is 18.1. The third-order valence-corrected chi connectivity index (χ3v) is 3.04. The number of Topliss-reactive ketones (excluding diaryl/α,β-unsaturated/α-hetero) is 1. The molecule has 0 unspecified atom stereocenters. The number of nitrogens with zero attached hydrogens (tertiary/aromatic N) is 1. The van der Waals surface area contributed by atoms with Gasteiger partial charge in [-0.15, -0.1) is 0 Å². The van der Waals surface area contributed by atoms with Gasteiger partial charge in [-0.1, -0.05) is 0 Å². The van der Waals surface area contributed by atoms with E-state index >= 15 is 0 Å². The van der Waals surface area contributed by atoms with E-state index in [0.29, 0.717) is 28.7 Å². The Morgan fingerprint density at radius 2 is 2.19 bits per heavy atom. The maximum Gasteiger partial charge on any atom is 0.178 e. The van der Waals surface area contributed by atoms with Gasteiger partial charge in [0.05, 0.1) is 5.69 Å². The number of carbonyl (C=O) groups is 1. The minimum atomic E-state index is -0.318. The fourth-order valence-corrected chi connectivity index (χ4v) is 1.97. The van der Waals surface area contributed by atoms with Gasteiger partial charge in [0, 0.05) is 10.9 Å². The van der Waals surface area contributed by atoms with Crippen LogP contribution in [0.5, 0.6) is 0 Å². The first-order chi connectivity index (χ1) is 7.66. The Morgan fingerprint density at radius 1 is 1.38 bits per heavy atom. The van der Waals surface area contributed by atoms with Crippen LogP contribution in [0.15, 0.2) is 27.8 Å². The molecule has 16 heavy (non-hydrogen) atoms. The van der Waals surface area contributed by atoms with Crippen molar-refractivity contribution in [1.29, 1.82) is 0 Å². The summed E-state index contributed by atoms with van der Waals surface area (Å²) in [4.78, 5) is 11.3. The molecule has 2 rings (SSSR count). The molecule has 1 aromatic carbocycles. The molecule has 1 saturated carbocycles. The number of nitrogens with one attached hydrogen (secondary N) is 1. The van der Waals surface area contributed by atoms with Crippen LogP contribution in [0, 0.1) is 5.82 Å². The number of rotatable bonds is 2. The third kappa shape index (κ3) is 2.47. The van der Waals surface area contributed by atoms with Crippen LogP contribution in [0.1, 0.15) is 19.3 Å². The number of benzene rings is 1. The van der Waals surface area contributed by atoms with E-state index in [0.717, 1.165) is 6.42 Å². The summed E-state index contributed by atoms with van der Waals surface area (Å²) in [6, 6.07) is 4.26. The first kappa shape index (κ1) is 11.3. The van der Waals surface area contributed by atoms with E-state index in [4.69, 9.17) is 0 Å². The molecule has 5 heteroatoms. The zero-order valence-electron chi connectivity index (χ0n) is 8.46. The van der Waals surface area contributed by atoms with Gasteiger partial charge in [-0.05, 0) is 47.0 Å². The van der Waals surface area contributed by atoms with Crippen LogP contribution < -0.4 is 5.43 Å². The first-order valence-corrected chi connectivity index (χ1v) is 5.77. The van der Waals surface area contributed by atoms with E-state index in [2.05, 4.69) is 26.5 Å². The summed E-state index contributed by atoms with van der Waals surface area (Å²) < 4.78 is 13.4. The predicted octanol–water partition coefficient (Wildman–Crippen LogP) is 3.11. The zero-order valence-corrected chi connectivity index (χ0v) is 10.1. The summed E-state index contributed by atoms with van der Waals surface area (Å²) in [6.07, 6.45) is 2.15. The summed E-state index contributed by atoms with van der Waals surface area (Å²) >= 11 is 3.22. The average molecular weight is 285 g/mol. The fraction of sp³-hybridized carbons (Fsp3) is 0.273. The van der Waals surface area contributed by atoms with Crippen molar-refractivity contribution in [3.8, 4) is 0 Å². The molecule has 1 aromatic rings. The van der Waals surface area contributed by atoms with Gasteiger partial charge in [-0.25, -0.2) is 4.39 Å². The second kappa shape index (κ2) is 4.74. The lowest BCUT2D eigenvalue weighted by atomic mass is 10.3. The van der Waals surface area contributed by atoms with Gasteiger partial charge in [0.1, 0.15) is 11.5 Å². The highest BCUT2D eigenvalue weighted by molar-refractivity contribution is 9.10. The molecule has 1 aliphatic rings. The second-order valence-electron chi connectivity index (χ2n) is 3.57. The highest BCUT2D eigenvalue weighted by atomic mass is 79.9. The van der Waals surface area contributed by atoms with Crippen LogP contribution in [0.4, 0.5) is 10.1 Å². The topological polar surface area (TPSA) is 41.5 Å². The van der Waals surface area contributed by atoms with E-state index in [1.165, 1.54) is 12.1 Å². The fourth-order valence-electron chi connectivity index (χ4n) is 1.53. The molecule has 3 nitrogen and oxygen atoms in total. The van der Waals surface area contributed by atoms with E-state index in [-0.39, 0.29) is 11.6 Å². The largest absolute Gasteiger partial charge is 0.293 e. The lowest BCUT2D eigenvalue weighted by molar-refractivity contribution is -0.112. The molecule has 0 aliphatic heterocycles. The number of anilines is 1. The van der Waals surface area contributed by atoms with Gasteiger partial charge in [0.15, 0.2) is 5.78 Å². The summed E-state index contributed by atoms with van der Waals surface area (Å²) in [5, 5.41) is 4.03. The van der Waals surface area contributed by atoms with Gasteiger partial charge in [-0.3, -0.25) is 10.2 Å². The van der Waals surface area contributed by atoms with Crippen molar-refractivity contribution in [2.45, 2.75) is 19.3 Å². The summed E-state index contributed by atoms with van der Waals surface area (Å²) in [6.45, 7) is 0. The Balaban J connectivity index is 2.12. The highest BCUT2D eigenvalue weighted by Crippen LogP contribution is 2.23. The molecule has 0 bridgehead atoms. The van der Waals surface area contributed by atoms with Crippen LogP contribution in [0.25, 0.3) is 0 Å². The van der Waals surface area contributed by atoms with Crippen molar-refractivity contribution in [2.75, 3.05) is 5.43 Å². The van der Waals surface area contributed by atoms with E-state index in [9.17, 15) is 9.18 Å². The lowest BCUT2D eigenvalue weighted by Crippen LogP contribution is -2.07. The number of hydrazone groups is 1. The van der Waals surface area contributed by atoms with Gasteiger partial charge in [-0.2, -0.15) is 5.10 Å². The minimum absolute atomic E-state index is 0.0886. The van der Waals surface area contributed by atoms with E-state index < -0.39 is 0 Å². The van der Waals surface area contributed by atoms with Gasteiger partial charge < -0.3 is 0 Å². The minimum Gasteiger partial charge on any atom is -0.293 e. The molecule has 0 radical (unpaired) electrons. The van der Waals surface area contributed by atoms with Crippen molar-refractivity contribution < 1.29 is 9.18 Å². The molecule has 0 aromatic heterocycles. The third-order valence-electron chi connectivity index (χ3n) is 2.38. The smallest absolute Gasteiger partial charge is 0.178 e. The molecule has 0 amide bonds. The second-order valence-corrected chi connectivity index (χ2v) is 4.43. The molecular weight excluding hydrogens is 275 g/mol. The van der Waals surface area contributed by atoms with Crippen molar-refractivity contribution in [2.24, 2.45) is 5.10 Å². The predicted molar refractivity (Wildman–Crippen MR) is 64.0 cm³/mol. The van der Waals surface area contributed by atoms with Crippen molar-refractivity contribution in [1.82, 2.24) is 0 Å². The Kier molecular flexibility index (Phi) is 3.33. The van der Waals surface area contributed by atoms with Crippen LogP contribution in [-0.2, 0) is 4.79 Å². The van der Waals surface area contributed by atoms with Crippen molar-refractivity contribution >= 4 is 33.1 Å². The molecule has 1 aliphatic carbocycles. The Labute approximate surface area is 101 Å². The van der Waals surface area contributed by atoms with Crippen LogP contribution in [0.2, 0.25) is 0 Å². The molecule has 0 heterocycles. The van der Waals surface area contributed by atoms with Gasteiger partial charge >= 0.3 is 0 Å². The molecular formula is C11H10BrFN2O. The molecule has 84 valence electrons. The SMILES string of the molecule is O=C1CCC/C1=N/Nc1ccc(F)cc1Br. The van der Waals surface area contributed by atoms with E-state index in [1.807, 2.05) is 0 Å². The number of hydrogen-bond donors (Lipinski definition) is 1. The molecule has 1 N–H and O–H groups in total. The zero-order chi connectivity index (χ0) is 11.5. The number of ketones is 1. The first-order valence-electron chi connectivity index (χ1n) is 4.97. The van der Waals surface area contributed by atoms with Crippen LogP contribution in [0.3, 0.4) is 0 Å². The molecule has 1 fully saturated rings.